The Morgan fingerprint density at radius 1 is 1.45 bits per heavy atom. The van der Waals surface area contributed by atoms with Gasteiger partial charge in [0.15, 0.2) is 0 Å². The van der Waals surface area contributed by atoms with Crippen molar-refractivity contribution in [1.29, 1.82) is 0 Å². The van der Waals surface area contributed by atoms with Gasteiger partial charge in [-0.1, -0.05) is 20.3 Å². The van der Waals surface area contributed by atoms with Gasteiger partial charge in [0.2, 0.25) is 17.7 Å². The molecule has 2 amide bonds. The molecule has 1 aliphatic rings. The van der Waals surface area contributed by atoms with Crippen LogP contribution in [0, 0.1) is 0 Å². The van der Waals surface area contributed by atoms with Crippen LogP contribution in [0.2, 0.25) is 0 Å². The Labute approximate surface area is 118 Å². The molecule has 0 radical (unpaired) electrons. The van der Waals surface area contributed by atoms with Crippen LogP contribution >= 0.6 is 0 Å². The summed E-state index contributed by atoms with van der Waals surface area (Å²) in [6, 6.07) is -0.421. The fourth-order valence-corrected chi connectivity index (χ4v) is 2.28. The van der Waals surface area contributed by atoms with E-state index in [0.717, 1.165) is 18.6 Å². The van der Waals surface area contributed by atoms with Crippen molar-refractivity contribution >= 4 is 11.8 Å². The summed E-state index contributed by atoms with van der Waals surface area (Å²) in [5.41, 5.74) is 0. The van der Waals surface area contributed by atoms with E-state index < -0.39 is 6.04 Å². The van der Waals surface area contributed by atoms with Crippen molar-refractivity contribution in [2.75, 3.05) is 6.54 Å². The molecule has 1 unspecified atom stereocenters. The lowest BCUT2D eigenvalue weighted by Crippen LogP contribution is -2.44. The summed E-state index contributed by atoms with van der Waals surface area (Å²) in [5, 5.41) is 2.78. The van der Waals surface area contributed by atoms with Gasteiger partial charge in [-0.25, -0.2) is 4.98 Å². The molecule has 1 atom stereocenters. The minimum absolute atomic E-state index is 0.0473. The fraction of sp³-hybridized carbons (Fsp3) is 0.643. The molecule has 0 saturated carbocycles. The number of aryl methyl sites for hydroxylation is 1. The van der Waals surface area contributed by atoms with Crippen LogP contribution in [0.4, 0.5) is 0 Å². The Morgan fingerprint density at radius 2 is 2.25 bits per heavy atom. The summed E-state index contributed by atoms with van der Waals surface area (Å²) in [4.78, 5) is 29.9. The predicted octanol–water partition coefficient (Wildman–Crippen LogP) is 1.25. The number of carbonyl (C=O) groups excluding carboxylic acids is 2. The Hall–Kier alpha value is -1.85. The standard InChI is InChI=1S/C14H21N3O3/c1-3-5-11-14(19)17(7-6-12(18)16-11)9-13-15-8-10(4-2)20-13/h8,11H,3-7,9H2,1-2H3,(H,16,18). The van der Waals surface area contributed by atoms with E-state index >= 15 is 0 Å². The van der Waals surface area contributed by atoms with Gasteiger partial charge in [0.1, 0.15) is 11.8 Å². The maximum absolute atomic E-state index is 12.4. The first-order valence-corrected chi connectivity index (χ1v) is 7.15. The lowest BCUT2D eigenvalue weighted by atomic mass is 10.1. The van der Waals surface area contributed by atoms with Gasteiger partial charge in [-0.15, -0.1) is 0 Å². The molecular formula is C14H21N3O3. The minimum Gasteiger partial charge on any atom is -0.444 e. The van der Waals surface area contributed by atoms with Crippen LogP contribution in [0.5, 0.6) is 0 Å². The van der Waals surface area contributed by atoms with Crippen molar-refractivity contribution in [1.82, 2.24) is 15.2 Å². The van der Waals surface area contributed by atoms with Gasteiger partial charge in [0, 0.05) is 19.4 Å². The van der Waals surface area contributed by atoms with Crippen LogP contribution in [0.3, 0.4) is 0 Å². The van der Waals surface area contributed by atoms with Gasteiger partial charge in [-0.2, -0.15) is 0 Å². The van der Waals surface area contributed by atoms with Crippen LogP contribution in [-0.4, -0.2) is 34.3 Å². The van der Waals surface area contributed by atoms with Crippen molar-refractivity contribution in [2.24, 2.45) is 0 Å². The molecule has 0 spiro atoms. The molecule has 2 heterocycles. The van der Waals surface area contributed by atoms with E-state index in [-0.39, 0.29) is 11.8 Å². The van der Waals surface area contributed by atoms with E-state index in [1.807, 2.05) is 13.8 Å². The number of oxazole rings is 1. The van der Waals surface area contributed by atoms with Crippen LogP contribution in [0.1, 0.15) is 44.8 Å². The smallest absolute Gasteiger partial charge is 0.245 e. The molecule has 2 rings (SSSR count). The number of nitrogens with one attached hydrogen (secondary N) is 1. The molecule has 1 N–H and O–H groups in total. The monoisotopic (exact) mass is 279 g/mol. The molecule has 1 saturated heterocycles. The molecule has 1 fully saturated rings. The topological polar surface area (TPSA) is 75.4 Å². The van der Waals surface area contributed by atoms with Crippen LogP contribution < -0.4 is 5.32 Å². The highest BCUT2D eigenvalue weighted by molar-refractivity contribution is 5.89. The molecule has 0 aliphatic carbocycles. The second kappa shape index (κ2) is 6.54. The van der Waals surface area contributed by atoms with E-state index in [0.29, 0.717) is 31.8 Å². The highest BCUT2D eigenvalue weighted by atomic mass is 16.4. The quantitative estimate of drug-likeness (QED) is 0.880. The first-order chi connectivity index (χ1) is 9.63. The Morgan fingerprint density at radius 3 is 2.90 bits per heavy atom. The molecule has 6 nitrogen and oxygen atoms in total. The molecule has 1 aliphatic heterocycles. The van der Waals surface area contributed by atoms with Crippen molar-refractivity contribution in [3.8, 4) is 0 Å². The molecule has 6 heteroatoms. The first kappa shape index (κ1) is 14.6. The molecule has 0 bridgehead atoms. The SMILES string of the molecule is CCCC1NC(=O)CCN(Cc2ncc(CC)o2)C1=O. The lowest BCUT2D eigenvalue weighted by molar-refractivity contribution is -0.134. The van der Waals surface area contributed by atoms with Gasteiger partial charge in [0.05, 0.1) is 12.7 Å². The Bertz CT molecular complexity index is 484. The Kier molecular flexibility index (Phi) is 4.76. The van der Waals surface area contributed by atoms with Crippen LogP contribution in [-0.2, 0) is 22.6 Å². The zero-order chi connectivity index (χ0) is 14.5. The second-order valence-electron chi connectivity index (χ2n) is 4.99. The van der Waals surface area contributed by atoms with Crippen molar-refractivity contribution < 1.29 is 14.0 Å². The third-order valence-electron chi connectivity index (χ3n) is 3.41. The van der Waals surface area contributed by atoms with Crippen molar-refractivity contribution in [2.45, 2.75) is 52.1 Å². The summed E-state index contributed by atoms with van der Waals surface area (Å²) in [6.45, 7) is 4.72. The number of nitrogens with zero attached hydrogens (tertiary/aromatic N) is 2. The van der Waals surface area contributed by atoms with E-state index in [9.17, 15) is 9.59 Å². The average molecular weight is 279 g/mol. The second-order valence-corrected chi connectivity index (χ2v) is 4.99. The maximum Gasteiger partial charge on any atom is 0.245 e. The minimum atomic E-state index is -0.421. The average Bonchev–Trinajstić information content (AvgIpc) is 2.85. The largest absolute Gasteiger partial charge is 0.444 e. The summed E-state index contributed by atoms with van der Waals surface area (Å²) in [7, 11) is 0. The van der Waals surface area contributed by atoms with Crippen LogP contribution in [0.25, 0.3) is 0 Å². The van der Waals surface area contributed by atoms with Crippen molar-refractivity contribution in [3.63, 3.8) is 0 Å². The van der Waals surface area contributed by atoms with Gasteiger partial charge in [0.25, 0.3) is 0 Å². The fourth-order valence-electron chi connectivity index (χ4n) is 2.28. The predicted molar refractivity (Wildman–Crippen MR) is 72.8 cm³/mol. The molecule has 110 valence electrons. The number of rotatable bonds is 5. The number of aromatic nitrogens is 1. The highest BCUT2D eigenvalue weighted by Gasteiger charge is 2.29. The first-order valence-electron chi connectivity index (χ1n) is 7.15. The van der Waals surface area contributed by atoms with Crippen LogP contribution in [0.15, 0.2) is 10.6 Å². The molecule has 1 aromatic heterocycles. The van der Waals surface area contributed by atoms with E-state index in [4.69, 9.17) is 4.42 Å². The molecular weight excluding hydrogens is 258 g/mol. The lowest BCUT2D eigenvalue weighted by Gasteiger charge is -2.22. The van der Waals surface area contributed by atoms with E-state index in [2.05, 4.69) is 10.3 Å². The summed E-state index contributed by atoms with van der Waals surface area (Å²) in [5.74, 6) is 1.22. The number of hydrogen-bond acceptors (Lipinski definition) is 4. The molecule has 0 aromatic carbocycles. The van der Waals surface area contributed by atoms with Gasteiger partial charge >= 0.3 is 0 Å². The zero-order valence-corrected chi connectivity index (χ0v) is 12.0. The number of carbonyl (C=O) groups is 2. The van der Waals surface area contributed by atoms with E-state index in [1.165, 1.54) is 0 Å². The molecule has 20 heavy (non-hydrogen) atoms. The third kappa shape index (κ3) is 3.37. The third-order valence-corrected chi connectivity index (χ3v) is 3.41. The molecule has 1 aromatic rings. The van der Waals surface area contributed by atoms with Gasteiger partial charge < -0.3 is 14.6 Å². The highest BCUT2D eigenvalue weighted by Crippen LogP contribution is 2.13. The Balaban J connectivity index is 2.08. The summed E-state index contributed by atoms with van der Waals surface area (Å²) < 4.78 is 5.54. The van der Waals surface area contributed by atoms with Crippen molar-refractivity contribution in [3.05, 3.63) is 17.8 Å². The summed E-state index contributed by atoms with van der Waals surface area (Å²) in [6.07, 6.45) is 4.30. The zero-order valence-electron chi connectivity index (χ0n) is 12.0. The normalized spacial score (nSPS) is 19.9. The maximum atomic E-state index is 12.4. The summed E-state index contributed by atoms with van der Waals surface area (Å²) >= 11 is 0. The number of amides is 2. The van der Waals surface area contributed by atoms with Gasteiger partial charge in [-0.3, -0.25) is 9.59 Å². The van der Waals surface area contributed by atoms with Gasteiger partial charge in [-0.05, 0) is 6.42 Å². The van der Waals surface area contributed by atoms with E-state index in [1.54, 1.807) is 11.1 Å². The number of hydrogen-bond donors (Lipinski definition) is 1.